The summed E-state index contributed by atoms with van der Waals surface area (Å²) in [4.78, 5) is 20.3. The number of nitrogens with zero attached hydrogens (tertiary/aromatic N) is 2. The van der Waals surface area contributed by atoms with Crippen LogP contribution in [0.1, 0.15) is 41.9 Å². The molecule has 0 aliphatic carbocycles. The number of hydrogen-bond donors (Lipinski definition) is 2. The first kappa shape index (κ1) is 14.0. The number of aromatic nitrogens is 2. The lowest BCUT2D eigenvalue weighted by Crippen LogP contribution is -2.27. The van der Waals surface area contributed by atoms with Crippen LogP contribution in [0.2, 0.25) is 0 Å². The van der Waals surface area contributed by atoms with Crippen LogP contribution in [-0.4, -0.2) is 22.4 Å². The van der Waals surface area contributed by atoms with Crippen LogP contribution in [0.4, 0.5) is 5.82 Å². The van der Waals surface area contributed by atoms with Crippen LogP contribution in [0.15, 0.2) is 28.9 Å². The van der Waals surface area contributed by atoms with Gasteiger partial charge in [0, 0.05) is 12.7 Å². The van der Waals surface area contributed by atoms with Crippen molar-refractivity contribution >= 4 is 11.7 Å². The molecule has 2 heterocycles. The lowest BCUT2D eigenvalue weighted by atomic mass is 10.2. The number of rotatable bonds is 5. The average Bonchev–Trinajstić information content (AvgIpc) is 2.86. The van der Waals surface area contributed by atoms with Crippen molar-refractivity contribution in [2.24, 2.45) is 0 Å². The van der Waals surface area contributed by atoms with E-state index >= 15 is 0 Å². The molecular weight excluding hydrogens is 256 g/mol. The summed E-state index contributed by atoms with van der Waals surface area (Å²) < 4.78 is 5.38. The van der Waals surface area contributed by atoms with Gasteiger partial charge in [0.2, 0.25) is 5.89 Å². The van der Waals surface area contributed by atoms with Gasteiger partial charge in [-0.05, 0) is 32.9 Å². The molecule has 0 spiro atoms. The fourth-order valence-corrected chi connectivity index (χ4v) is 1.73. The molecule has 0 aliphatic rings. The van der Waals surface area contributed by atoms with Crippen molar-refractivity contribution in [2.45, 2.75) is 26.8 Å². The Morgan fingerprint density at radius 2 is 2.15 bits per heavy atom. The minimum absolute atomic E-state index is 0.205. The molecule has 106 valence electrons. The van der Waals surface area contributed by atoms with Crippen LogP contribution in [-0.2, 0) is 0 Å². The number of aryl methyl sites for hydroxylation is 1. The molecule has 6 nitrogen and oxygen atoms in total. The molecule has 2 aromatic rings. The summed E-state index contributed by atoms with van der Waals surface area (Å²) in [6.07, 6.45) is 3.17. The Labute approximate surface area is 117 Å². The molecule has 0 aromatic carbocycles. The van der Waals surface area contributed by atoms with E-state index in [0.717, 1.165) is 18.1 Å². The van der Waals surface area contributed by atoms with Gasteiger partial charge in [-0.15, -0.1) is 0 Å². The van der Waals surface area contributed by atoms with E-state index in [1.54, 1.807) is 24.5 Å². The molecule has 1 amide bonds. The SMILES string of the molecule is CCNc1ccc(C(=O)NC(C)c2ncc(C)o2)cn1. The first-order valence-electron chi connectivity index (χ1n) is 6.53. The Hall–Kier alpha value is -2.37. The molecule has 1 unspecified atom stereocenters. The lowest BCUT2D eigenvalue weighted by molar-refractivity contribution is 0.0933. The fourth-order valence-electron chi connectivity index (χ4n) is 1.73. The molecule has 6 heteroatoms. The van der Waals surface area contributed by atoms with E-state index in [-0.39, 0.29) is 11.9 Å². The molecule has 0 fully saturated rings. The number of anilines is 1. The molecule has 20 heavy (non-hydrogen) atoms. The second-order valence-corrected chi connectivity index (χ2v) is 4.47. The highest BCUT2D eigenvalue weighted by atomic mass is 16.4. The van der Waals surface area contributed by atoms with Crippen molar-refractivity contribution in [2.75, 3.05) is 11.9 Å². The van der Waals surface area contributed by atoms with E-state index in [1.807, 2.05) is 20.8 Å². The van der Waals surface area contributed by atoms with Crippen LogP contribution in [0.3, 0.4) is 0 Å². The summed E-state index contributed by atoms with van der Waals surface area (Å²) in [5, 5.41) is 5.90. The number of amides is 1. The smallest absolute Gasteiger partial charge is 0.253 e. The third-order valence-electron chi connectivity index (χ3n) is 2.74. The van der Waals surface area contributed by atoms with Gasteiger partial charge in [-0.2, -0.15) is 0 Å². The summed E-state index contributed by atoms with van der Waals surface area (Å²) in [5.41, 5.74) is 0.502. The van der Waals surface area contributed by atoms with Gasteiger partial charge in [0.05, 0.1) is 11.8 Å². The molecule has 0 saturated carbocycles. The lowest BCUT2D eigenvalue weighted by Gasteiger charge is -2.10. The van der Waals surface area contributed by atoms with Gasteiger partial charge >= 0.3 is 0 Å². The van der Waals surface area contributed by atoms with Crippen LogP contribution >= 0.6 is 0 Å². The van der Waals surface area contributed by atoms with Crippen LogP contribution in [0, 0.1) is 6.92 Å². The zero-order valence-corrected chi connectivity index (χ0v) is 11.8. The van der Waals surface area contributed by atoms with E-state index in [1.165, 1.54) is 0 Å². The average molecular weight is 274 g/mol. The van der Waals surface area contributed by atoms with E-state index in [2.05, 4.69) is 20.6 Å². The third-order valence-corrected chi connectivity index (χ3v) is 2.74. The Bertz CT molecular complexity index is 577. The highest BCUT2D eigenvalue weighted by Crippen LogP contribution is 2.13. The summed E-state index contributed by atoms with van der Waals surface area (Å²) in [5.74, 6) is 1.76. The van der Waals surface area contributed by atoms with Gasteiger partial charge in [0.1, 0.15) is 17.6 Å². The summed E-state index contributed by atoms with van der Waals surface area (Å²) in [6, 6.07) is 3.22. The highest BCUT2D eigenvalue weighted by molar-refractivity contribution is 5.94. The zero-order valence-electron chi connectivity index (χ0n) is 11.8. The minimum atomic E-state index is -0.287. The number of oxazole rings is 1. The van der Waals surface area contributed by atoms with Gasteiger partial charge < -0.3 is 15.1 Å². The first-order chi connectivity index (χ1) is 9.60. The summed E-state index contributed by atoms with van der Waals surface area (Å²) >= 11 is 0. The molecule has 0 saturated heterocycles. The topological polar surface area (TPSA) is 80.0 Å². The van der Waals surface area contributed by atoms with E-state index < -0.39 is 0 Å². The van der Waals surface area contributed by atoms with Crippen molar-refractivity contribution in [3.63, 3.8) is 0 Å². The summed E-state index contributed by atoms with van der Waals surface area (Å²) in [6.45, 7) is 6.42. The van der Waals surface area contributed by atoms with Crippen LogP contribution < -0.4 is 10.6 Å². The van der Waals surface area contributed by atoms with Gasteiger partial charge in [-0.3, -0.25) is 4.79 Å². The normalized spacial score (nSPS) is 11.9. The van der Waals surface area contributed by atoms with Crippen molar-refractivity contribution < 1.29 is 9.21 Å². The number of carbonyl (C=O) groups is 1. The largest absolute Gasteiger partial charge is 0.444 e. The molecule has 2 rings (SSSR count). The van der Waals surface area contributed by atoms with Crippen molar-refractivity contribution in [1.82, 2.24) is 15.3 Å². The molecular formula is C14H18N4O2. The maximum Gasteiger partial charge on any atom is 0.253 e. The number of nitrogens with one attached hydrogen (secondary N) is 2. The predicted octanol–water partition coefficient (Wildman–Crippen LogP) is 2.30. The molecule has 0 radical (unpaired) electrons. The third kappa shape index (κ3) is 3.34. The van der Waals surface area contributed by atoms with Crippen LogP contribution in [0.25, 0.3) is 0 Å². The van der Waals surface area contributed by atoms with Crippen molar-refractivity contribution in [3.05, 3.63) is 41.7 Å². The van der Waals surface area contributed by atoms with Crippen LogP contribution in [0.5, 0.6) is 0 Å². The van der Waals surface area contributed by atoms with E-state index in [4.69, 9.17) is 4.42 Å². The van der Waals surface area contributed by atoms with Crippen molar-refractivity contribution in [3.8, 4) is 0 Å². The summed E-state index contributed by atoms with van der Waals surface area (Å²) in [7, 11) is 0. The second-order valence-electron chi connectivity index (χ2n) is 4.47. The Morgan fingerprint density at radius 1 is 1.35 bits per heavy atom. The Balaban J connectivity index is 2.00. The molecule has 2 N–H and O–H groups in total. The number of hydrogen-bond acceptors (Lipinski definition) is 5. The van der Waals surface area contributed by atoms with Gasteiger partial charge in [-0.1, -0.05) is 0 Å². The monoisotopic (exact) mass is 274 g/mol. The quantitative estimate of drug-likeness (QED) is 0.874. The van der Waals surface area contributed by atoms with E-state index in [0.29, 0.717) is 11.5 Å². The van der Waals surface area contributed by atoms with Gasteiger partial charge in [-0.25, -0.2) is 9.97 Å². The maximum absolute atomic E-state index is 12.1. The predicted molar refractivity (Wildman–Crippen MR) is 75.5 cm³/mol. The highest BCUT2D eigenvalue weighted by Gasteiger charge is 2.15. The van der Waals surface area contributed by atoms with Crippen molar-refractivity contribution in [1.29, 1.82) is 0 Å². The fraction of sp³-hybridized carbons (Fsp3) is 0.357. The molecule has 0 bridgehead atoms. The molecule has 0 aliphatic heterocycles. The van der Waals surface area contributed by atoms with E-state index in [9.17, 15) is 4.79 Å². The zero-order chi connectivity index (χ0) is 14.5. The maximum atomic E-state index is 12.1. The second kappa shape index (κ2) is 6.18. The Kier molecular flexibility index (Phi) is 4.34. The number of carbonyl (C=O) groups excluding carboxylic acids is 1. The van der Waals surface area contributed by atoms with Gasteiger partial charge in [0.25, 0.3) is 5.91 Å². The molecule has 2 aromatic heterocycles. The molecule has 1 atom stereocenters. The number of pyridine rings is 1. The standard InChI is InChI=1S/C14H18N4O2/c1-4-15-12-6-5-11(8-16-12)13(19)18-10(3)14-17-7-9(2)20-14/h5-8,10H,4H2,1-3H3,(H,15,16)(H,18,19). The minimum Gasteiger partial charge on any atom is -0.444 e. The van der Waals surface area contributed by atoms with Gasteiger partial charge in [0.15, 0.2) is 0 Å². The Morgan fingerprint density at radius 3 is 2.70 bits per heavy atom. The first-order valence-corrected chi connectivity index (χ1v) is 6.53.